The topological polar surface area (TPSA) is 136 Å². The molecule has 2 heterocycles. The fraction of sp³-hybridized carbons (Fsp3) is 0.312. The minimum atomic E-state index is -2.66. The molecule has 11 heteroatoms. The Morgan fingerprint density at radius 1 is 1.52 bits per heavy atom. The number of halogens is 2. The summed E-state index contributed by atoms with van der Waals surface area (Å²) in [7, 11) is 0. The SMILES string of the molecule is Cc1c(C(=O)NCCO)sc(N)c1C(N)=Nc1cccnc1OCC(F)F. The number of aliphatic imine (C=N–C) groups is 1. The van der Waals surface area contributed by atoms with Gasteiger partial charge < -0.3 is 26.6 Å². The number of rotatable bonds is 8. The maximum absolute atomic E-state index is 12.4. The Morgan fingerprint density at radius 2 is 2.26 bits per heavy atom. The highest BCUT2D eigenvalue weighted by Crippen LogP contribution is 2.32. The number of hydrogen-bond donors (Lipinski definition) is 4. The maximum atomic E-state index is 12.4. The summed E-state index contributed by atoms with van der Waals surface area (Å²) in [6, 6.07) is 3.06. The van der Waals surface area contributed by atoms with E-state index in [1.54, 1.807) is 13.0 Å². The van der Waals surface area contributed by atoms with E-state index in [-0.39, 0.29) is 41.5 Å². The Bertz CT molecular complexity index is 841. The highest BCUT2D eigenvalue weighted by molar-refractivity contribution is 7.18. The zero-order valence-corrected chi connectivity index (χ0v) is 15.2. The van der Waals surface area contributed by atoms with Gasteiger partial charge in [-0.05, 0) is 24.6 Å². The summed E-state index contributed by atoms with van der Waals surface area (Å²) < 4.78 is 29.7. The number of alkyl halides is 2. The maximum Gasteiger partial charge on any atom is 0.272 e. The van der Waals surface area contributed by atoms with E-state index in [0.717, 1.165) is 11.3 Å². The van der Waals surface area contributed by atoms with Crippen molar-refractivity contribution in [2.45, 2.75) is 13.3 Å². The number of amides is 1. The fourth-order valence-electron chi connectivity index (χ4n) is 2.23. The molecule has 0 fully saturated rings. The van der Waals surface area contributed by atoms with Crippen LogP contribution in [0.3, 0.4) is 0 Å². The third-order valence-corrected chi connectivity index (χ3v) is 4.49. The number of ether oxygens (including phenoxy) is 1. The predicted molar refractivity (Wildman–Crippen MR) is 99.0 cm³/mol. The molecule has 2 rings (SSSR count). The number of nitrogens with one attached hydrogen (secondary N) is 1. The quantitative estimate of drug-likeness (QED) is 0.392. The van der Waals surface area contributed by atoms with Gasteiger partial charge in [0.2, 0.25) is 5.88 Å². The van der Waals surface area contributed by atoms with E-state index in [1.807, 2.05) is 0 Å². The van der Waals surface area contributed by atoms with E-state index in [4.69, 9.17) is 21.3 Å². The molecule has 8 nitrogen and oxygen atoms in total. The summed E-state index contributed by atoms with van der Waals surface area (Å²) in [5.74, 6) is -0.481. The van der Waals surface area contributed by atoms with Crippen molar-refractivity contribution in [2.75, 3.05) is 25.5 Å². The molecule has 0 aromatic carbocycles. The van der Waals surface area contributed by atoms with Crippen LogP contribution in [-0.2, 0) is 0 Å². The fourth-order valence-corrected chi connectivity index (χ4v) is 3.23. The van der Waals surface area contributed by atoms with Crippen LogP contribution in [0, 0.1) is 6.92 Å². The number of nitrogens with zero attached hydrogens (tertiary/aromatic N) is 2. The van der Waals surface area contributed by atoms with E-state index >= 15 is 0 Å². The van der Waals surface area contributed by atoms with E-state index in [9.17, 15) is 13.6 Å². The van der Waals surface area contributed by atoms with Crippen molar-refractivity contribution in [2.24, 2.45) is 10.7 Å². The van der Waals surface area contributed by atoms with Crippen molar-refractivity contribution >= 4 is 33.8 Å². The second-order valence-electron chi connectivity index (χ2n) is 5.30. The molecular weight excluding hydrogens is 380 g/mol. The average Bonchev–Trinajstić information content (AvgIpc) is 2.93. The number of anilines is 1. The smallest absolute Gasteiger partial charge is 0.272 e. The Morgan fingerprint density at radius 3 is 2.93 bits per heavy atom. The van der Waals surface area contributed by atoms with Crippen LogP contribution in [0.25, 0.3) is 0 Å². The second-order valence-corrected chi connectivity index (χ2v) is 6.35. The molecule has 0 aliphatic heterocycles. The number of aliphatic hydroxyl groups excluding tert-OH is 1. The number of aliphatic hydroxyl groups is 1. The monoisotopic (exact) mass is 399 g/mol. The van der Waals surface area contributed by atoms with Gasteiger partial charge in [0.15, 0.2) is 6.61 Å². The van der Waals surface area contributed by atoms with E-state index in [1.165, 1.54) is 12.3 Å². The molecule has 0 saturated heterocycles. The van der Waals surface area contributed by atoms with Crippen LogP contribution >= 0.6 is 11.3 Å². The number of nitrogens with two attached hydrogens (primary N) is 2. The molecule has 0 saturated carbocycles. The molecule has 2 aromatic heterocycles. The van der Waals surface area contributed by atoms with Gasteiger partial charge in [0.05, 0.1) is 22.0 Å². The molecule has 0 unspecified atom stereocenters. The zero-order valence-electron chi connectivity index (χ0n) is 14.4. The molecule has 27 heavy (non-hydrogen) atoms. The van der Waals surface area contributed by atoms with Crippen molar-refractivity contribution < 1.29 is 23.4 Å². The van der Waals surface area contributed by atoms with Crippen LogP contribution in [0.4, 0.5) is 19.5 Å². The molecule has 0 spiro atoms. The van der Waals surface area contributed by atoms with Crippen LogP contribution in [0.15, 0.2) is 23.3 Å². The zero-order chi connectivity index (χ0) is 20.0. The lowest BCUT2D eigenvalue weighted by atomic mass is 10.1. The first-order valence-corrected chi connectivity index (χ1v) is 8.65. The lowest BCUT2D eigenvalue weighted by Crippen LogP contribution is -2.26. The van der Waals surface area contributed by atoms with Crippen LogP contribution in [0.1, 0.15) is 20.8 Å². The van der Waals surface area contributed by atoms with Crippen molar-refractivity contribution in [3.05, 3.63) is 34.3 Å². The van der Waals surface area contributed by atoms with Crippen molar-refractivity contribution in [1.29, 1.82) is 0 Å². The van der Waals surface area contributed by atoms with E-state index < -0.39 is 13.0 Å². The van der Waals surface area contributed by atoms with E-state index in [0.29, 0.717) is 16.0 Å². The Labute approximate surface area is 157 Å². The van der Waals surface area contributed by atoms with Crippen molar-refractivity contribution in [3.8, 4) is 5.88 Å². The van der Waals surface area contributed by atoms with Gasteiger partial charge in [-0.15, -0.1) is 11.3 Å². The van der Waals surface area contributed by atoms with Gasteiger partial charge in [-0.3, -0.25) is 4.79 Å². The van der Waals surface area contributed by atoms with Crippen molar-refractivity contribution in [1.82, 2.24) is 10.3 Å². The Hall–Kier alpha value is -2.79. The van der Waals surface area contributed by atoms with Crippen LogP contribution in [0.5, 0.6) is 5.88 Å². The molecule has 0 aliphatic carbocycles. The minimum absolute atomic E-state index is 0.00245. The molecule has 1 amide bonds. The number of nitrogen functional groups attached to an aromatic ring is 1. The molecule has 0 bridgehead atoms. The Balaban J connectivity index is 2.34. The number of pyridine rings is 1. The normalized spacial score (nSPS) is 11.7. The number of thiophene rings is 1. The molecule has 146 valence electrons. The van der Waals surface area contributed by atoms with Gasteiger partial charge >= 0.3 is 0 Å². The van der Waals surface area contributed by atoms with Gasteiger partial charge in [-0.1, -0.05) is 0 Å². The van der Waals surface area contributed by atoms with Gasteiger partial charge in [0.1, 0.15) is 11.5 Å². The third kappa shape index (κ3) is 5.11. The molecular formula is C16H19F2N5O3S. The van der Waals surface area contributed by atoms with E-state index in [2.05, 4.69) is 15.3 Å². The number of carbonyl (C=O) groups excluding carboxylic acids is 1. The molecule has 0 radical (unpaired) electrons. The average molecular weight is 399 g/mol. The van der Waals surface area contributed by atoms with Crippen molar-refractivity contribution in [3.63, 3.8) is 0 Å². The largest absolute Gasteiger partial charge is 0.470 e. The predicted octanol–water partition coefficient (Wildman–Crippen LogP) is 1.44. The Kier molecular flexibility index (Phi) is 7.02. The first-order chi connectivity index (χ1) is 12.8. The highest BCUT2D eigenvalue weighted by atomic mass is 32.1. The third-order valence-electron chi connectivity index (χ3n) is 3.37. The number of hydrogen-bond acceptors (Lipinski definition) is 7. The summed E-state index contributed by atoms with van der Waals surface area (Å²) in [4.78, 5) is 20.5. The summed E-state index contributed by atoms with van der Waals surface area (Å²) in [6.45, 7) is 0.754. The molecule has 0 aliphatic rings. The summed E-state index contributed by atoms with van der Waals surface area (Å²) in [6.07, 6.45) is -1.28. The van der Waals surface area contributed by atoms with Gasteiger partial charge in [-0.2, -0.15) is 0 Å². The minimum Gasteiger partial charge on any atom is -0.470 e. The highest BCUT2D eigenvalue weighted by Gasteiger charge is 2.21. The lowest BCUT2D eigenvalue weighted by molar-refractivity contribution is 0.0799. The van der Waals surface area contributed by atoms with Gasteiger partial charge in [-0.25, -0.2) is 18.8 Å². The van der Waals surface area contributed by atoms with Crippen LogP contribution in [-0.4, -0.2) is 48.0 Å². The molecule has 6 N–H and O–H groups in total. The first-order valence-electron chi connectivity index (χ1n) is 7.83. The summed E-state index contributed by atoms with van der Waals surface area (Å²) in [5.41, 5.74) is 13.1. The summed E-state index contributed by atoms with van der Waals surface area (Å²) >= 11 is 1.03. The lowest BCUT2D eigenvalue weighted by Gasteiger charge is -2.08. The van der Waals surface area contributed by atoms with Crippen LogP contribution < -0.4 is 21.5 Å². The van der Waals surface area contributed by atoms with Gasteiger partial charge in [0, 0.05) is 12.7 Å². The first kappa shape index (κ1) is 20.5. The molecule has 2 aromatic rings. The number of amidine groups is 1. The van der Waals surface area contributed by atoms with Crippen LogP contribution in [0.2, 0.25) is 0 Å². The second kappa shape index (κ2) is 9.24. The standard InChI is InChI=1S/C16H19F2N5O3S/c1-8-11(14(20)27-12(8)15(25)21-5-6-24)13(19)23-9-3-2-4-22-16(9)26-7-10(17)18/h2-4,10,24H,5-7,20H2,1H3,(H2,19,23)(H,21,25). The number of aromatic nitrogens is 1. The number of carbonyl (C=O) groups is 1. The van der Waals surface area contributed by atoms with Gasteiger partial charge in [0.25, 0.3) is 12.3 Å². The summed E-state index contributed by atoms with van der Waals surface area (Å²) in [5, 5.41) is 11.6. The molecule has 0 atom stereocenters.